The van der Waals surface area contributed by atoms with E-state index in [2.05, 4.69) is 29.7 Å². The molecule has 2 fully saturated rings. The fourth-order valence-corrected chi connectivity index (χ4v) is 2.93. The normalized spacial score (nSPS) is 29.2. The molecule has 0 aromatic heterocycles. The Balaban J connectivity index is 1.85. The smallest absolute Gasteiger partial charge is 0.227 e. The largest absolute Gasteiger partial charge is 0.326 e. The van der Waals surface area contributed by atoms with Gasteiger partial charge in [0.05, 0.1) is 5.66 Å². The van der Waals surface area contributed by atoms with Crippen LogP contribution < -0.4 is 16.2 Å². The van der Waals surface area contributed by atoms with Crippen molar-refractivity contribution < 1.29 is 4.79 Å². The molecular weight excluding hydrogens is 250 g/mol. The third-order valence-corrected chi connectivity index (χ3v) is 4.34. The van der Waals surface area contributed by atoms with Gasteiger partial charge >= 0.3 is 0 Å². The summed E-state index contributed by atoms with van der Waals surface area (Å²) in [6.07, 6.45) is 11.4. The Morgan fingerprint density at radius 2 is 1.95 bits per heavy atom. The molecule has 0 bridgehead atoms. The number of hydrogen-bond acceptors (Lipinski definition) is 3. The monoisotopic (exact) mass is 275 g/mol. The van der Waals surface area contributed by atoms with Gasteiger partial charge in [-0.15, -0.1) is 0 Å². The van der Waals surface area contributed by atoms with Crippen molar-refractivity contribution in [3.63, 3.8) is 0 Å². The number of rotatable bonds is 5. The second kappa shape index (κ2) is 6.37. The number of amides is 1. The van der Waals surface area contributed by atoms with Gasteiger partial charge in [-0.3, -0.25) is 4.79 Å². The molecular formula is C16H25N3O. The van der Waals surface area contributed by atoms with Crippen molar-refractivity contribution in [2.45, 2.75) is 45.2 Å². The SMILES string of the molecule is C=C/C=C(\C=C/C)NC(=O)C1CCC(C2(C)NN2)CC1. The summed E-state index contributed by atoms with van der Waals surface area (Å²) in [6, 6.07) is 0. The topological polar surface area (TPSA) is 73.0 Å². The van der Waals surface area contributed by atoms with Crippen LogP contribution in [0.5, 0.6) is 0 Å². The van der Waals surface area contributed by atoms with Gasteiger partial charge in [0, 0.05) is 11.6 Å². The van der Waals surface area contributed by atoms with Gasteiger partial charge in [-0.05, 0) is 57.6 Å². The quantitative estimate of drug-likeness (QED) is 0.533. The fourth-order valence-electron chi connectivity index (χ4n) is 2.93. The molecule has 2 rings (SSSR count). The Morgan fingerprint density at radius 3 is 2.45 bits per heavy atom. The van der Waals surface area contributed by atoms with Crippen molar-refractivity contribution in [3.05, 3.63) is 36.6 Å². The van der Waals surface area contributed by atoms with E-state index in [0.717, 1.165) is 31.4 Å². The molecule has 4 nitrogen and oxygen atoms in total. The summed E-state index contributed by atoms with van der Waals surface area (Å²) in [5, 5.41) is 2.99. The number of carbonyl (C=O) groups is 1. The van der Waals surface area contributed by atoms with E-state index in [1.807, 2.05) is 25.2 Å². The molecule has 1 aliphatic carbocycles. The maximum Gasteiger partial charge on any atom is 0.227 e. The lowest BCUT2D eigenvalue weighted by atomic mass is 9.77. The highest BCUT2D eigenvalue weighted by Gasteiger charge is 2.45. The van der Waals surface area contributed by atoms with Crippen molar-refractivity contribution in [2.75, 3.05) is 0 Å². The van der Waals surface area contributed by atoms with Gasteiger partial charge in [-0.1, -0.05) is 18.7 Å². The molecule has 4 heteroatoms. The van der Waals surface area contributed by atoms with Crippen LogP contribution >= 0.6 is 0 Å². The van der Waals surface area contributed by atoms with E-state index in [0.29, 0.717) is 5.92 Å². The van der Waals surface area contributed by atoms with Crippen LogP contribution in [0.3, 0.4) is 0 Å². The number of carbonyl (C=O) groups excluding carboxylic acids is 1. The molecule has 0 spiro atoms. The van der Waals surface area contributed by atoms with Gasteiger partial charge in [-0.25, -0.2) is 10.9 Å². The van der Waals surface area contributed by atoms with E-state index >= 15 is 0 Å². The highest BCUT2D eigenvalue weighted by Crippen LogP contribution is 2.37. The van der Waals surface area contributed by atoms with Crippen LogP contribution in [0.1, 0.15) is 39.5 Å². The number of nitrogens with one attached hydrogen (secondary N) is 3. The van der Waals surface area contributed by atoms with Gasteiger partial charge < -0.3 is 5.32 Å². The average Bonchev–Trinajstić information content (AvgIpc) is 3.19. The zero-order valence-electron chi connectivity index (χ0n) is 12.4. The van der Waals surface area contributed by atoms with Crippen LogP contribution in [0.4, 0.5) is 0 Å². The highest BCUT2D eigenvalue weighted by atomic mass is 16.1. The van der Waals surface area contributed by atoms with Gasteiger partial charge in [0.25, 0.3) is 0 Å². The van der Waals surface area contributed by atoms with Crippen molar-refractivity contribution in [1.82, 2.24) is 16.2 Å². The van der Waals surface area contributed by atoms with Gasteiger partial charge in [0.1, 0.15) is 0 Å². The first-order valence-corrected chi connectivity index (χ1v) is 7.39. The van der Waals surface area contributed by atoms with Crippen molar-refractivity contribution >= 4 is 5.91 Å². The van der Waals surface area contributed by atoms with Gasteiger partial charge in [-0.2, -0.15) is 0 Å². The molecule has 3 N–H and O–H groups in total. The lowest BCUT2D eigenvalue weighted by Gasteiger charge is -2.30. The van der Waals surface area contributed by atoms with Crippen molar-refractivity contribution in [1.29, 1.82) is 0 Å². The lowest BCUT2D eigenvalue weighted by molar-refractivity contribution is -0.125. The maximum atomic E-state index is 12.3. The van der Waals surface area contributed by atoms with E-state index in [4.69, 9.17) is 0 Å². The van der Waals surface area contributed by atoms with Crippen LogP contribution in [-0.4, -0.2) is 11.6 Å². The first-order chi connectivity index (χ1) is 9.59. The zero-order valence-corrected chi connectivity index (χ0v) is 12.4. The molecule has 2 aliphatic rings. The molecule has 110 valence electrons. The van der Waals surface area contributed by atoms with Crippen molar-refractivity contribution in [2.24, 2.45) is 11.8 Å². The summed E-state index contributed by atoms with van der Waals surface area (Å²) in [7, 11) is 0. The first kappa shape index (κ1) is 15.0. The summed E-state index contributed by atoms with van der Waals surface area (Å²) in [5.41, 5.74) is 7.34. The molecule has 1 saturated carbocycles. The van der Waals surface area contributed by atoms with Gasteiger partial charge in [0.15, 0.2) is 0 Å². The van der Waals surface area contributed by atoms with E-state index in [9.17, 15) is 4.79 Å². The van der Waals surface area contributed by atoms with E-state index < -0.39 is 0 Å². The minimum Gasteiger partial charge on any atom is -0.326 e. The zero-order chi connectivity index (χ0) is 14.6. The van der Waals surface area contributed by atoms with Crippen LogP contribution in [0.15, 0.2) is 36.6 Å². The molecule has 1 amide bonds. The standard InChI is InChI=1S/C16H25N3O/c1-4-6-14(7-5-2)17-15(20)12-8-10-13(11-9-12)16(3)18-19-16/h4-7,12-13,18-19H,1,8-11H2,2-3H3,(H,17,20)/b7-5-,14-6+. The van der Waals surface area contributed by atoms with E-state index in [-0.39, 0.29) is 17.5 Å². The van der Waals surface area contributed by atoms with Gasteiger partial charge in [0.2, 0.25) is 5.91 Å². The number of hydrazine groups is 1. The minimum absolute atomic E-state index is 0.111. The van der Waals surface area contributed by atoms with Crippen molar-refractivity contribution in [3.8, 4) is 0 Å². The Morgan fingerprint density at radius 1 is 1.30 bits per heavy atom. The third-order valence-electron chi connectivity index (χ3n) is 4.34. The Kier molecular flexibility index (Phi) is 4.78. The van der Waals surface area contributed by atoms with Crippen LogP contribution in [0.2, 0.25) is 0 Å². The maximum absolute atomic E-state index is 12.3. The minimum atomic E-state index is 0.111. The molecule has 1 heterocycles. The average molecular weight is 275 g/mol. The summed E-state index contributed by atoms with van der Waals surface area (Å²) in [6.45, 7) is 7.80. The van der Waals surface area contributed by atoms with Crippen LogP contribution in [-0.2, 0) is 4.79 Å². The molecule has 20 heavy (non-hydrogen) atoms. The molecule has 0 atom stereocenters. The predicted molar refractivity (Wildman–Crippen MR) is 81.4 cm³/mol. The molecule has 0 radical (unpaired) electrons. The Bertz CT molecular complexity index is 427. The van der Waals surface area contributed by atoms with Crippen LogP contribution in [0.25, 0.3) is 0 Å². The second-order valence-corrected chi connectivity index (χ2v) is 5.85. The second-order valence-electron chi connectivity index (χ2n) is 5.85. The number of allylic oxidation sites excluding steroid dienone is 4. The third kappa shape index (κ3) is 3.58. The molecule has 1 saturated heterocycles. The Labute approximate surface area is 121 Å². The summed E-state index contributed by atoms with van der Waals surface area (Å²) in [4.78, 5) is 12.3. The highest BCUT2D eigenvalue weighted by molar-refractivity contribution is 5.81. The summed E-state index contributed by atoms with van der Waals surface area (Å²) in [5.74, 6) is 0.897. The summed E-state index contributed by atoms with van der Waals surface area (Å²) >= 11 is 0. The molecule has 1 aliphatic heterocycles. The van der Waals surface area contributed by atoms with E-state index in [1.165, 1.54) is 0 Å². The molecule has 0 aromatic carbocycles. The van der Waals surface area contributed by atoms with E-state index in [1.54, 1.807) is 6.08 Å². The van der Waals surface area contributed by atoms with Crippen LogP contribution in [0, 0.1) is 11.8 Å². The number of hydrogen-bond donors (Lipinski definition) is 3. The lowest BCUT2D eigenvalue weighted by Crippen LogP contribution is -2.36. The molecule has 0 aromatic rings. The molecule has 0 unspecified atom stereocenters. The Hall–Kier alpha value is -1.39. The summed E-state index contributed by atoms with van der Waals surface area (Å²) < 4.78 is 0. The fraction of sp³-hybridized carbons (Fsp3) is 0.562. The first-order valence-electron chi connectivity index (χ1n) is 7.39. The predicted octanol–water partition coefficient (Wildman–Crippen LogP) is 2.38.